The van der Waals surface area contributed by atoms with Crippen molar-refractivity contribution in [2.75, 3.05) is 5.32 Å². The molecule has 0 bridgehead atoms. The van der Waals surface area contributed by atoms with Gasteiger partial charge in [-0.2, -0.15) is 0 Å². The first-order valence-corrected chi connectivity index (χ1v) is 11.9. The van der Waals surface area contributed by atoms with Gasteiger partial charge in [-0.15, -0.1) is 0 Å². The Hall–Kier alpha value is -2.89. The van der Waals surface area contributed by atoms with E-state index in [1.54, 1.807) is 24.3 Å². The lowest BCUT2D eigenvalue weighted by Gasteiger charge is -2.16. The molecule has 158 valence electrons. The lowest BCUT2D eigenvalue weighted by atomic mass is 10.1. The van der Waals surface area contributed by atoms with Crippen LogP contribution >= 0.6 is 11.6 Å². The zero-order chi connectivity index (χ0) is 22.2. The first kappa shape index (κ1) is 21.3. The normalized spacial score (nSPS) is 11.6. The number of pyridine rings is 1. The molecule has 0 saturated carbocycles. The van der Waals surface area contributed by atoms with Crippen LogP contribution in [0, 0.1) is 13.8 Å². The van der Waals surface area contributed by atoms with E-state index < -0.39 is 9.84 Å². The molecule has 3 aromatic carbocycles. The van der Waals surface area contributed by atoms with Crippen LogP contribution in [-0.4, -0.2) is 13.4 Å². The van der Waals surface area contributed by atoms with E-state index in [-0.39, 0.29) is 9.79 Å². The maximum Gasteiger partial charge on any atom is 0.210 e. The van der Waals surface area contributed by atoms with Crippen molar-refractivity contribution in [1.29, 1.82) is 0 Å². The molecule has 0 saturated heterocycles. The summed E-state index contributed by atoms with van der Waals surface area (Å²) in [7, 11) is -3.80. The number of anilines is 2. The third-order valence-electron chi connectivity index (χ3n) is 5.50. The van der Waals surface area contributed by atoms with Gasteiger partial charge in [-0.3, -0.25) is 4.98 Å². The molecule has 1 heterocycles. The Morgan fingerprint density at radius 2 is 1.68 bits per heavy atom. The lowest BCUT2D eigenvalue weighted by Crippen LogP contribution is -2.08. The number of fused-ring (bicyclic) bond motifs is 1. The molecule has 31 heavy (non-hydrogen) atoms. The minimum atomic E-state index is -3.80. The molecule has 4 aromatic rings. The summed E-state index contributed by atoms with van der Waals surface area (Å²) in [6, 6.07) is 18.3. The highest BCUT2D eigenvalue weighted by Crippen LogP contribution is 2.36. The molecule has 0 unspecified atom stereocenters. The third kappa shape index (κ3) is 4.16. The number of halogens is 1. The maximum atomic E-state index is 13.7. The second-order valence-corrected chi connectivity index (χ2v) is 9.94. The molecular formula is C25H23ClN2O2S. The van der Waals surface area contributed by atoms with Gasteiger partial charge in [-0.05, 0) is 85.5 Å². The van der Waals surface area contributed by atoms with Crippen LogP contribution in [-0.2, 0) is 16.3 Å². The van der Waals surface area contributed by atoms with Gasteiger partial charge in [0.15, 0.2) is 0 Å². The molecule has 0 radical (unpaired) electrons. The zero-order valence-electron chi connectivity index (χ0n) is 17.6. The number of hydrogen-bond donors (Lipinski definition) is 1. The van der Waals surface area contributed by atoms with Crippen molar-refractivity contribution in [3.05, 3.63) is 88.6 Å². The van der Waals surface area contributed by atoms with Crippen LogP contribution in [0.2, 0.25) is 5.02 Å². The Kier molecular flexibility index (Phi) is 5.73. The molecule has 0 atom stereocenters. The van der Waals surface area contributed by atoms with Crippen LogP contribution in [0.15, 0.2) is 76.7 Å². The van der Waals surface area contributed by atoms with Crippen molar-refractivity contribution in [2.24, 2.45) is 0 Å². The highest BCUT2D eigenvalue weighted by Gasteiger charge is 2.24. The molecule has 6 heteroatoms. The molecule has 0 amide bonds. The quantitative estimate of drug-likeness (QED) is 0.370. The van der Waals surface area contributed by atoms with E-state index in [1.165, 1.54) is 6.20 Å². The summed E-state index contributed by atoms with van der Waals surface area (Å²) in [6.07, 6.45) is 2.28. The van der Waals surface area contributed by atoms with Gasteiger partial charge in [0.05, 0.1) is 16.1 Å². The van der Waals surface area contributed by atoms with Gasteiger partial charge in [0.1, 0.15) is 4.90 Å². The van der Waals surface area contributed by atoms with Crippen LogP contribution < -0.4 is 5.32 Å². The number of sulfone groups is 1. The standard InChI is InChI=1S/C25H23ClN2O2S/c1-4-18-6-12-23-22(14-18)25(28-20-9-7-19(26)8-10-20)24(15-27-23)31(29,30)21-11-5-16(2)17(3)13-21/h5-15H,4H2,1-3H3,(H,27,28). The average molecular weight is 451 g/mol. The predicted octanol–water partition coefficient (Wildman–Crippen LogP) is 6.64. The number of benzene rings is 3. The fourth-order valence-electron chi connectivity index (χ4n) is 3.46. The first-order valence-electron chi connectivity index (χ1n) is 10.1. The van der Waals surface area contributed by atoms with Gasteiger partial charge < -0.3 is 5.32 Å². The summed E-state index contributed by atoms with van der Waals surface area (Å²) in [4.78, 5) is 4.86. The molecule has 4 nitrogen and oxygen atoms in total. The van der Waals surface area contributed by atoms with Crippen molar-refractivity contribution in [3.63, 3.8) is 0 Å². The monoisotopic (exact) mass is 450 g/mol. The summed E-state index contributed by atoms with van der Waals surface area (Å²) in [5.74, 6) is 0. The first-order chi connectivity index (χ1) is 14.8. The molecule has 0 fully saturated rings. The molecular weight excluding hydrogens is 428 g/mol. The van der Waals surface area contributed by atoms with Crippen molar-refractivity contribution in [3.8, 4) is 0 Å². The number of aromatic nitrogens is 1. The fraction of sp³-hybridized carbons (Fsp3) is 0.160. The summed E-state index contributed by atoms with van der Waals surface area (Å²) < 4.78 is 27.3. The SMILES string of the molecule is CCc1ccc2ncc(S(=O)(=O)c3ccc(C)c(C)c3)c(Nc3ccc(Cl)cc3)c2c1. The number of rotatable bonds is 5. The summed E-state index contributed by atoms with van der Waals surface area (Å²) in [5.41, 5.74) is 5.07. The van der Waals surface area contributed by atoms with Crippen molar-refractivity contribution in [1.82, 2.24) is 4.98 Å². The number of hydrogen-bond acceptors (Lipinski definition) is 4. The van der Waals surface area contributed by atoms with Gasteiger partial charge in [0.25, 0.3) is 0 Å². The highest BCUT2D eigenvalue weighted by molar-refractivity contribution is 7.91. The van der Waals surface area contributed by atoms with Gasteiger partial charge in [0.2, 0.25) is 9.84 Å². The minimum Gasteiger partial charge on any atom is -0.354 e. The lowest BCUT2D eigenvalue weighted by molar-refractivity contribution is 0.596. The zero-order valence-corrected chi connectivity index (χ0v) is 19.2. The van der Waals surface area contributed by atoms with E-state index in [0.29, 0.717) is 10.7 Å². The van der Waals surface area contributed by atoms with E-state index in [2.05, 4.69) is 17.2 Å². The van der Waals surface area contributed by atoms with Crippen LogP contribution in [0.5, 0.6) is 0 Å². The Labute approximate surface area is 187 Å². The van der Waals surface area contributed by atoms with Gasteiger partial charge in [-0.25, -0.2) is 8.42 Å². The van der Waals surface area contributed by atoms with Crippen LogP contribution in [0.25, 0.3) is 10.9 Å². The third-order valence-corrected chi connectivity index (χ3v) is 7.51. The van der Waals surface area contributed by atoms with Crippen LogP contribution in [0.4, 0.5) is 11.4 Å². The largest absolute Gasteiger partial charge is 0.354 e. The molecule has 0 aliphatic carbocycles. The molecule has 0 spiro atoms. The Balaban J connectivity index is 1.97. The van der Waals surface area contributed by atoms with E-state index >= 15 is 0 Å². The second kappa shape index (κ2) is 8.33. The van der Waals surface area contributed by atoms with E-state index in [0.717, 1.165) is 39.7 Å². The Bertz CT molecular complexity index is 1380. The number of aryl methyl sites for hydroxylation is 3. The van der Waals surface area contributed by atoms with E-state index in [1.807, 2.05) is 50.2 Å². The molecule has 1 N–H and O–H groups in total. The Morgan fingerprint density at radius 1 is 0.935 bits per heavy atom. The van der Waals surface area contributed by atoms with Crippen LogP contribution in [0.1, 0.15) is 23.6 Å². The summed E-state index contributed by atoms with van der Waals surface area (Å²) in [5, 5.41) is 4.69. The van der Waals surface area contributed by atoms with Crippen molar-refractivity contribution < 1.29 is 8.42 Å². The smallest absolute Gasteiger partial charge is 0.210 e. The van der Waals surface area contributed by atoms with E-state index in [4.69, 9.17) is 11.6 Å². The van der Waals surface area contributed by atoms with Crippen molar-refractivity contribution >= 4 is 43.7 Å². The molecule has 4 rings (SSSR count). The molecule has 1 aromatic heterocycles. The average Bonchev–Trinajstić information content (AvgIpc) is 2.76. The molecule has 0 aliphatic rings. The number of nitrogens with one attached hydrogen (secondary N) is 1. The van der Waals surface area contributed by atoms with Gasteiger partial charge >= 0.3 is 0 Å². The fourth-order valence-corrected chi connectivity index (χ4v) is 5.04. The van der Waals surface area contributed by atoms with Gasteiger partial charge in [-0.1, -0.05) is 30.7 Å². The number of nitrogens with zero attached hydrogens (tertiary/aromatic N) is 1. The Morgan fingerprint density at radius 3 is 2.35 bits per heavy atom. The summed E-state index contributed by atoms with van der Waals surface area (Å²) in [6.45, 7) is 5.94. The highest BCUT2D eigenvalue weighted by atomic mass is 35.5. The minimum absolute atomic E-state index is 0.145. The maximum absolute atomic E-state index is 13.7. The topological polar surface area (TPSA) is 59.1 Å². The predicted molar refractivity (Wildman–Crippen MR) is 127 cm³/mol. The summed E-state index contributed by atoms with van der Waals surface area (Å²) >= 11 is 6.03. The van der Waals surface area contributed by atoms with Crippen LogP contribution in [0.3, 0.4) is 0 Å². The molecule has 0 aliphatic heterocycles. The van der Waals surface area contributed by atoms with Crippen molar-refractivity contribution in [2.45, 2.75) is 37.0 Å². The van der Waals surface area contributed by atoms with E-state index in [9.17, 15) is 8.42 Å². The van der Waals surface area contributed by atoms with Gasteiger partial charge in [0, 0.05) is 22.3 Å². The second-order valence-electron chi connectivity index (χ2n) is 7.58.